The van der Waals surface area contributed by atoms with Crippen molar-refractivity contribution in [1.29, 1.82) is 0 Å². The second-order valence-electron chi connectivity index (χ2n) is 6.85. The van der Waals surface area contributed by atoms with Gasteiger partial charge in [-0.05, 0) is 57.0 Å². The monoisotopic (exact) mass is 425 g/mol. The molecule has 0 unspecified atom stereocenters. The second-order valence-corrected chi connectivity index (χ2v) is 6.85. The highest BCUT2D eigenvalue weighted by Gasteiger charge is 2.15. The van der Waals surface area contributed by atoms with Crippen molar-refractivity contribution in [2.45, 2.75) is 40.5 Å². The summed E-state index contributed by atoms with van der Waals surface area (Å²) in [5, 5.41) is 10.6. The van der Waals surface area contributed by atoms with E-state index in [0.29, 0.717) is 37.1 Å². The maximum Gasteiger partial charge on any atom is 0.277 e. The molecule has 1 aromatic carbocycles. The van der Waals surface area contributed by atoms with Crippen LogP contribution >= 0.6 is 0 Å². The zero-order valence-corrected chi connectivity index (χ0v) is 18.2. The van der Waals surface area contributed by atoms with E-state index < -0.39 is 6.29 Å². The number of pyridine rings is 1. The highest BCUT2D eigenvalue weighted by Crippen LogP contribution is 2.23. The molecule has 2 heterocycles. The quantitative estimate of drug-likeness (QED) is 0.494. The number of benzene rings is 1. The van der Waals surface area contributed by atoms with Crippen molar-refractivity contribution < 1.29 is 19.0 Å². The molecule has 0 atom stereocenters. The minimum Gasteiger partial charge on any atom is -0.439 e. The molecule has 2 aromatic heterocycles. The number of ether oxygens (including phenoxy) is 3. The van der Waals surface area contributed by atoms with Crippen LogP contribution in [0.5, 0.6) is 11.6 Å². The van der Waals surface area contributed by atoms with Gasteiger partial charge in [-0.1, -0.05) is 11.3 Å². The zero-order valence-electron chi connectivity index (χ0n) is 18.2. The van der Waals surface area contributed by atoms with E-state index in [4.69, 9.17) is 14.2 Å². The van der Waals surface area contributed by atoms with Crippen LogP contribution in [0.15, 0.2) is 42.7 Å². The van der Waals surface area contributed by atoms with Gasteiger partial charge >= 0.3 is 0 Å². The first-order valence-corrected chi connectivity index (χ1v) is 10.1. The van der Waals surface area contributed by atoms with Crippen molar-refractivity contribution in [2.24, 2.45) is 0 Å². The number of aryl methyl sites for hydroxylation is 2. The van der Waals surface area contributed by atoms with E-state index in [1.807, 2.05) is 45.9 Å². The van der Waals surface area contributed by atoms with Gasteiger partial charge in [-0.15, -0.1) is 5.10 Å². The van der Waals surface area contributed by atoms with E-state index in [1.165, 1.54) is 16.4 Å². The third kappa shape index (κ3) is 6.34. The fraction of sp³-hybridized carbons (Fsp3) is 0.364. The van der Waals surface area contributed by atoms with Crippen LogP contribution in [0.1, 0.15) is 35.5 Å². The molecule has 3 aromatic rings. The Kier molecular flexibility index (Phi) is 7.69. The van der Waals surface area contributed by atoms with Gasteiger partial charge in [0.05, 0.1) is 24.6 Å². The summed E-state index contributed by atoms with van der Waals surface area (Å²) in [6.45, 7) is 9.22. The molecule has 0 saturated heterocycles. The maximum atomic E-state index is 12.5. The van der Waals surface area contributed by atoms with Gasteiger partial charge in [-0.2, -0.15) is 0 Å². The summed E-state index contributed by atoms with van der Waals surface area (Å²) in [6, 6.07) is 9.25. The minimum atomic E-state index is -0.443. The van der Waals surface area contributed by atoms with Crippen molar-refractivity contribution >= 4 is 11.6 Å². The topological polar surface area (TPSA) is 100 Å². The van der Waals surface area contributed by atoms with Gasteiger partial charge in [0.2, 0.25) is 5.88 Å². The van der Waals surface area contributed by atoms with Crippen LogP contribution in [0.2, 0.25) is 0 Å². The molecular formula is C22H27N5O4. The number of carbonyl (C=O) groups is 1. The summed E-state index contributed by atoms with van der Waals surface area (Å²) in [5.41, 5.74) is 3.04. The third-order valence-electron chi connectivity index (χ3n) is 4.51. The molecule has 0 fully saturated rings. The lowest BCUT2D eigenvalue weighted by atomic mass is 10.1. The number of carbonyl (C=O) groups excluding carboxylic acids is 1. The number of nitrogens with one attached hydrogen (secondary N) is 1. The molecule has 0 spiro atoms. The summed E-state index contributed by atoms with van der Waals surface area (Å²) >= 11 is 0. The Bertz CT molecular complexity index is 997. The fourth-order valence-electron chi connectivity index (χ4n) is 2.78. The smallest absolute Gasteiger partial charge is 0.277 e. The van der Waals surface area contributed by atoms with Crippen LogP contribution in [0.25, 0.3) is 0 Å². The molecule has 0 aliphatic carbocycles. The Morgan fingerprint density at radius 3 is 2.52 bits per heavy atom. The van der Waals surface area contributed by atoms with E-state index >= 15 is 0 Å². The average molecular weight is 425 g/mol. The summed E-state index contributed by atoms with van der Waals surface area (Å²) < 4.78 is 18.3. The molecule has 0 aliphatic rings. The summed E-state index contributed by atoms with van der Waals surface area (Å²) in [6.07, 6.45) is 2.63. The summed E-state index contributed by atoms with van der Waals surface area (Å²) in [5.74, 6) is 0.756. The van der Waals surface area contributed by atoms with Crippen LogP contribution in [-0.4, -0.2) is 45.4 Å². The van der Waals surface area contributed by atoms with Gasteiger partial charge in [0.25, 0.3) is 5.91 Å². The molecule has 0 saturated carbocycles. The van der Waals surface area contributed by atoms with E-state index in [1.54, 1.807) is 18.3 Å². The van der Waals surface area contributed by atoms with E-state index in [0.717, 1.165) is 5.56 Å². The molecule has 0 aliphatic heterocycles. The van der Waals surface area contributed by atoms with E-state index in [2.05, 4.69) is 20.6 Å². The number of hydrogen-bond donors (Lipinski definition) is 1. The van der Waals surface area contributed by atoms with Gasteiger partial charge in [-0.3, -0.25) is 4.79 Å². The lowest BCUT2D eigenvalue weighted by molar-refractivity contribution is -0.145. The number of aromatic nitrogens is 4. The van der Waals surface area contributed by atoms with Gasteiger partial charge in [0.1, 0.15) is 5.75 Å². The van der Waals surface area contributed by atoms with Gasteiger partial charge in [-0.25, -0.2) is 9.67 Å². The Labute approximate surface area is 181 Å². The lowest BCUT2D eigenvalue weighted by Crippen LogP contribution is -2.24. The average Bonchev–Trinajstić information content (AvgIpc) is 3.21. The van der Waals surface area contributed by atoms with E-state index in [-0.39, 0.29) is 11.6 Å². The van der Waals surface area contributed by atoms with Gasteiger partial charge in [0.15, 0.2) is 12.0 Å². The minimum absolute atomic E-state index is 0.183. The normalized spacial score (nSPS) is 11.0. The number of rotatable bonds is 10. The van der Waals surface area contributed by atoms with Crippen LogP contribution in [0, 0.1) is 13.8 Å². The predicted molar refractivity (Wildman–Crippen MR) is 115 cm³/mol. The van der Waals surface area contributed by atoms with E-state index in [9.17, 15) is 4.79 Å². The van der Waals surface area contributed by atoms with Crippen molar-refractivity contribution in [1.82, 2.24) is 20.0 Å². The molecule has 31 heavy (non-hydrogen) atoms. The first kappa shape index (κ1) is 22.4. The predicted octanol–water partition coefficient (Wildman–Crippen LogP) is 3.73. The van der Waals surface area contributed by atoms with Crippen molar-refractivity contribution in [3.05, 3.63) is 59.5 Å². The van der Waals surface area contributed by atoms with Crippen molar-refractivity contribution in [2.75, 3.05) is 18.5 Å². The second kappa shape index (κ2) is 10.6. The molecule has 9 heteroatoms. The van der Waals surface area contributed by atoms with Crippen LogP contribution < -0.4 is 10.1 Å². The number of nitrogens with zero attached hydrogens (tertiary/aromatic N) is 4. The Morgan fingerprint density at radius 2 is 1.87 bits per heavy atom. The molecule has 3 rings (SSSR count). The van der Waals surface area contributed by atoms with Gasteiger partial charge in [0, 0.05) is 19.3 Å². The Hall–Kier alpha value is -3.30. The molecule has 9 nitrogen and oxygen atoms in total. The van der Waals surface area contributed by atoms with Crippen LogP contribution in [0.4, 0.5) is 5.69 Å². The molecule has 1 N–H and O–H groups in total. The Morgan fingerprint density at radius 1 is 1.10 bits per heavy atom. The number of hydrogen-bond acceptors (Lipinski definition) is 7. The SMILES string of the molecule is CCOC(Cn1cc(C(=O)Nc2ccc(Oc3ccc(C)c(C)c3)nc2)nn1)OCC. The Balaban J connectivity index is 1.58. The summed E-state index contributed by atoms with van der Waals surface area (Å²) in [7, 11) is 0. The zero-order chi connectivity index (χ0) is 22.2. The molecule has 0 bridgehead atoms. The number of anilines is 1. The lowest BCUT2D eigenvalue weighted by Gasteiger charge is -2.16. The number of amides is 1. The molecule has 1 amide bonds. The summed E-state index contributed by atoms with van der Waals surface area (Å²) in [4.78, 5) is 16.7. The highest BCUT2D eigenvalue weighted by atomic mass is 16.7. The van der Waals surface area contributed by atoms with Crippen molar-refractivity contribution in [3.63, 3.8) is 0 Å². The molecule has 0 radical (unpaired) electrons. The first-order chi connectivity index (χ1) is 15.0. The standard InChI is InChI=1S/C22H27N5O4/c1-5-29-21(30-6-2)14-27-13-19(25-26-27)22(28)24-17-8-10-20(23-12-17)31-18-9-7-15(3)16(4)11-18/h7-13,21H,5-6,14H2,1-4H3,(H,24,28). The van der Waals surface area contributed by atoms with Gasteiger partial charge < -0.3 is 19.5 Å². The van der Waals surface area contributed by atoms with Crippen LogP contribution in [0.3, 0.4) is 0 Å². The maximum absolute atomic E-state index is 12.5. The van der Waals surface area contributed by atoms with Crippen molar-refractivity contribution in [3.8, 4) is 11.6 Å². The molecule has 164 valence electrons. The van der Waals surface area contributed by atoms with Crippen LogP contribution in [-0.2, 0) is 16.0 Å². The largest absolute Gasteiger partial charge is 0.439 e. The molecular weight excluding hydrogens is 398 g/mol. The first-order valence-electron chi connectivity index (χ1n) is 10.1. The fourth-order valence-corrected chi connectivity index (χ4v) is 2.78. The highest BCUT2D eigenvalue weighted by molar-refractivity contribution is 6.02. The third-order valence-corrected chi connectivity index (χ3v) is 4.51.